The van der Waals surface area contributed by atoms with E-state index < -0.39 is 0 Å². The van der Waals surface area contributed by atoms with Gasteiger partial charge in [-0.15, -0.1) is 0 Å². The van der Waals surface area contributed by atoms with E-state index in [1.54, 1.807) is 50.6 Å². The molecule has 7 nitrogen and oxygen atoms in total. The van der Waals surface area contributed by atoms with E-state index in [9.17, 15) is 9.59 Å². The number of benzene rings is 2. The molecular weight excluding hydrogens is 346 g/mol. The van der Waals surface area contributed by atoms with Gasteiger partial charge in [-0.2, -0.15) is 0 Å². The van der Waals surface area contributed by atoms with Gasteiger partial charge in [-0.1, -0.05) is 13.8 Å². The van der Waals surface area contributed by atoms with Gasteiger partial charge in [0.2, 0.25) is 5.91 Å². The molecule has 2 rings (SSSR count). The highest BCUT2D eigenvalue weighted by atomic mass is 16.5. The van der Waals surface area contributed by atoms with Crippen molar-refractivity contribution in [2.75, 3.05) is 24.9 Å². The highest BCUT2D eigenvalue weighted by Gasteiger charge is 2.09. The van der Waals surface area contributed by atoms with Crippen LogP contribution in [-0.4, -0.2) is 26.2 Å². The molecule has 0 saturated carbocycles. The quantitative estimate of drug-likeness (QED) is 0.693. The number of amides is 3. The Hall–Kier alpha value is -3.22. The van der Waals surface area contributed by atoms with E-state index >= 15 is 0 Å². The standard InChI is InChI=1S/C20H25N3O4/c1-13(2)19(24)22-15-5-7-16(8-6-15)23-20(25)21-12-14-11-17(26-3)9-10-18(14)27-4/h5-11,13H,12H2,1-4H3,(H,22,24)(H2,21,23,25). The van der Waals surface area contributed by atoms with Crippen LogP contribution >= 0.6 is 0 Å². The molecule has 0 aromatic heterocycles. The van der Waals surface area contributed by atoms with Crippen molar-refractivity contribution in [3.05, 3.63) is 48.0 Å². The summed E-state index contributed by atoms with van der Waals surface area (Å²) in [5.41, 5.74) is 2.10. The zero-order valence-corrected chi connectivity index (χ0v) is 16.0. The number of hydrogen-bond donors (Lipinski definition) is 3. The minimum Gasteiger partial charge on any atom is -0.497 e. The molecular formula is C20H25N3O4. The first-order valence-corrected chi connectivity index (χ1v) is 8.59. The summed E-state index contributed by atoms with van der Waals surface area (Å²) < 4.78 is 10.5. The monoisotopic (exact) mass is 371 g/mol. The molecule has 0 aliphatic carbocycles. The van der Waals surface area contributed by atoms with Crippen LogP contribution in [0.4, 0.5) is 16.2 Å². The summed E-state index contributed by atoms with van der Waals surface area (Å²) in [4.78, 5) is 23.8. The molecule has 0 radical (unpaired) electrons. The van der Waals surface area contributed by atoms with Crippen LogP contribution in [0.15, 0.2) is 42.5 Å². The molecule has 7 heteroatoms. The van der Waals surface area contributed by atoms with Crippen molar-refractivity contribution in [2.24, 2.45) is 5.92 Å². The summed E-state index contributed by atoms with van der Waals surface area (Å²) >= 11 is 0. The summed E-state index contributed by atoms with van der Waals surface area (Å²) in [5.74, 6) is 1.20. The van der Waals surface area contributed by atoms with Crippen LogP contribution in [0, 0.1) is 5.92 Å². The summed E-state index contributed by atoms with van der Waals surface area (Å²) in [6.45, 7) is 3.94. The Morgan fingerprint density at radius 2 is 1.56 bits per heavy atom. The number of nitrogens with one attached hydrogen (secondary N) is 3. The molecule has 0 fully saturated rings. The van der Waals surface area contributed by atoms with Crippen molar-refractivity contribution < 1.29 is 19.1 Å². The number of methoxy groups -OCH3 is 2. The fourth-order valence-electron chi connectivity index (χ4n) is 2.29. The van der Waals surface area contributed by atoms with Crippen molar-refractivity contribution in [1.82, 2.24) is 5.32 Å². The molecule has 0 unspecified atom stereocenters. The smallest absolute Gasteiger partial charge is 0.319 e. The van der Waals surface area contributed by atoms with Crippen LogP contribution < -0.4 is 25.4 Å². The van der Waals surface area contributed by atoms with Gasteiger partial charge in [-0.25, -0.2) is 4.79 Å². The van der Waals surface area contributed by atoms with Gasteiger partial charge < -0.3 is 25.4 Å². The highest BCUT2D eigenvalue weighted by Crippen LogP contribution is 2.23. The van der Waals surface area contributed by atoms with Crippen molar-refractivity contribution in [2.45, 2.75) is 20.4 Å². The van der Waals surface area contributed by atoms with E-state index in [0.717, 1.165) is 5.56 Å². The van der Waals surface area contributed by atoms with E-state index in [0.29, 0.717) is 22.9 Å². The minimum atomic E-state index is -0.348. The lowest BCUT2D eigenvalue weighted by molar-refractivity contribution is -0.118. The molecule has 144 valence electrons. The Kier molecular flexibility index (Phi) is 7.05. The van der Waals surface area contributed by atoms with E-state index in [4.69, 9.17) is 9.47 Å². The lowest BCUT2D eigenvalue weighted by Gasteiger charge is -2.12. The van der Waals surface area contributed by atoms with Gasteiger partial charge in [0.1, 0.15) is 11.5 Å². The first-order valence-electron chi connectivity index (χ1n) is 8.59. The lowest BCUT2D eigenvalue weighted by Crippen LogP contribution is -2.28. The normalized spacial score (nSPS) is 10.3. The first-order chi connectivity index (χ1) is 12.9. The van der Waals surface area contributed by atoms with Crippen LogP contribution in [0.1, 0.15) is 19.4 Å². The lowest BCUT2D eigenvalue weighted by atomic mass is 10.2. The van der Waals surface area contributed by atoms with E-state index in [1.807, 2.05) is 19.9 Å². The van der Waals surface area contributed by atoms with Crippen molar-refractivity contribution in [3.63, 3.8) is 0 Å². The fraction of sp³-hybridized carbons (Fsp3) is 0.300. The van der Waals surface area contributed by atoms with Gasteiger partial charge in [-0.3, -0.25) is 4.79 Å². The second-order valence-electron chi connectivity index (χ2n) is 6.21. The molecule has 27 heavy (non-hydrogen) atoms. The third kappa shape index (κ3) is 5.91. The van der Waals surface area contributed by atoms with Gasteiger partial charge in [0.05, 0.1) is 14.2 Å². The molecule has 0 spiro atoms. The summed E-state index contributed by atoms with van der Waals surface area (Å²) in [7, 11) is 3.16. The summed E-state index contributed by atoms with van der Waals surface area (Å²) in [5, 5.41) is 8.33. The van der Waals surface area contributed by atoms with Crippen LogP contribution in [0.25, 0.3) is 0 Å². The third-order valence-electron chi connectivity index (χ3n) is 3.86. The largest absolute Gasteiger partial charge is 0.497 e. The molecule has 0 saturated heterocycles. The Morgan fingerprint density at radius 1 is 0.926 bits per heavy atom. The van der Waals surface area contributed by atoms with Gasteiger partial charge in [-0.05, 0) is 42.5 Å². The zero-order valence-electron chi connectivity index (χ0n) is 16.0. The van der Waals surface area contributed by atoms with E-state index in [1.165, 1.54) is 0 Å². The number of ether oxygens (including phenoxy) is 2. The first kappa shape index (κ1) is 20.1. The number of carbonyl (C=O) groups is 2. The maximum Gasteiger partial charge on any atom is 0.319 e. The molecule has 0 atom stereocenters. The molecule has 0 aliphatic heterocycles. The van der Waals surface area contributed by atoms with Crippen LogP contribution in [0.3, 0.4) is 0 Å². The average Bonchev–Trinajstić information content (AvgIpc) is 2.67. The molecule has 0 aliphatic rings. The van der Waals surface area contributed by atoms with Gasteiger partial charge in [0.25, 0.3) is 0 Å². The Labute approximate surface area is 159 Å². The van der Waals surface area contributed by atoms with Crippen molar-refractivity contribution >= 4 is 23.3 Å². The maximum absolute atomic E-state index is 12.1. The fourth-order valence-corrected chi connectivity index (χ4v) is 2.29. The topological polar surface area (TPSA) is 88.7 Å². The summed E-state index contributed by atoms with van der Waals surface area (Å²) in [6.07, 6.45) is 0. The Bertz CT molecular complexity index is 788. The second kappa shape index (κ2) is 9.47. The molecule has 2 aromatic carbocycles. The molecule has 3 N–H and O–H groups in total. The number of rotatable bonds is 7. The SMILES string of the molecule is COc1ccc(OC)c(CNC(=O)Nc2ccc(NC(=O)C(C)C)cc2)c1. The van der Waals surface area contributed by atoms with E-state index in [2.05, 4.69) is 16.0 Å². The van der Waals surface area contributed by atoms with Crippen LogP contribution in [0.2, 0.25) is 0 Å². The van der Waals surface area contributed by atoms with Gasteiger partial charge in [0.15, 0.2) is 0 Å². The molecule has 3 amide bonds. The number of urea groups is 1. The number of anilines is 2. The second-order valence-corrected chi connectivity index (χ2v) is 6.21. The highest BCUT2D eigenvalue weighted by molar-refractivity contribution is 5.93. The van der Waals surface area contributed by atoms with Crippen LogP contribution in [0.5, 0.6) is 11.5 Å². The average molecular weight is 371 g/mol. The maximum atomic E-state index is 12.1. The van der Waals surface area contributed by atoms with Gasteiger partial charge in [0, 0.05) is 29.4 Å². The number of hydrogen-bond acceptors (Lipinski definition) is 4. The molecule has 0 heterocycles. The zero-order chi connectivity index (χ0) is 19.8. The summed E-state index contributed by atoms with van der Waals surface area (Å²) in [6, 6.07) is 12.0. The van der Waals surface area contributed by atoms with Crippen molar-refractivity contribution in [1.29, 1.82) is 0 Å². The Balaban J connectivity index is 1.91. The minimum absolute atomic E-state index is 0.0549. The molecule has 0 bridgehead atoms. The third-order valence-corrected chi connectivity index (χ3v) is 3.86. The Morgan fingerprint density at radius 3 is 2.11 bits per heavy atom. The van der Waals surface area contributed by atoms with Gasteiger partial charge >= 0.3 is 6.03 Å². The van der Waals surface area contributed by atoms with Crippen molar-refractivity contribution in [3.8, 4) is 11.5 Å². The predicted molar refractivity (Wildman–Crippen MR) is 105 cm³/mol. The predicted octanol–water partition coefficient (Wildman–Crippen LogP) is 3.62. The van der Waals surface area contributed by atoms with Crippen LogP contribution in [-0.2, 0) is 11.3 Å². The molecule has 2 aromatic rings. The van der Waals surface area contributed by atoms with E-state index in [-0.39, 0.29) is 24.4 Å². The number of carbonyl (C=O) groups excluding carboxylic acids is 2.